The van der Waals surface area contributed by atoms with Gasteiger partial charge in [-0.2, -0.15) is 13.2 Å². The topological polar surface area (TPSA) is 73.7 Å². The second-order valence-electron chi connectivity index (χ2n) is 8.85. The number of carbonyl (C=O) groups is 2. The van der Waals surface area contributed by atoms with Crippen LogP contribution in [-0.4, -0.2) is 64.4 Å². The molecule has 0 saturated carbocycles. The summed E-state index contributed by atoms with van der Waals surface area (Å²) in [6.45, 7) is 4.70. The lowest BCUT2D eigenvalue weighted by atomic mass is 9.92. The smallest absolute Gasteiger partial charge is 0.411 e. The highest BCUT2D eigenvalue weighted by molar-refractivity contribution is 5.98. The minimum absolute atomic E-state index is 0.0778. The van der Waals surface area contributed by atoms with E-state index in [4.69, 9.17) is 9.47 Å². The predicted molar refractivity (Wildman–Crippen MR) is 111 cm³/mol. The van der Waals surface area contributed by atoms with E-state index >= 15 is 0 Å². The molecular weight excluding hydrogens is 427 g/mol. The Morgan fingerprint density at radius 1 is 1.12 bits per heavy atom. The van der Waals surface area contributed by atoms with Crippen LogP contribution in [0, 0.1) is 5.92 Å². The summed E-state index contributed by atoms with van der Waals surface area (Å²) in [5.41, 5.74) is 0.665. The maximum atomic E-state index is 13.2. The molecule has 10 heteroatoms. The first-order valence-electron chi connectivity index (χ1n) is 10.6. The van der Waals surface area contributed by atoms with Gasteiger partial charge in [-0.1, -0.05) is 12.1 Å². The Hall–Kier alpha value is -2.62. The molecule has 0 radical (unpaired) electrons. The summed E-state index contributed by atoms with van der Waals surface area (Å²) in [6, 6.07) is 7.09. The van der Waals surface area contributed by atoms with Crippen molar-refractivity contribution >= 4 is 22.9 Å². The summed E-state index contributed by atoms with van der Waals surface area (Å²) < 4.78 is 48.9. The van der Waals surface area contributed by atoms with Gasteiger partial charge in [0.2, 0.25) is 5.78 Å². The number of ketones is 1. The van der Waals surface area contributed by atoms with E-state index in [1.54, 1.807) is 54.5 Å². The first kappa shape index (κ1) is 24.0. The fourth-order valence-electron chi connectivity index (χ4n) is 3.67. The van der Waals surface area contributed by atoms with E-state index in [1.165, 1.54) is 0 Å². The van der Waals surface area contributed by atoms with Gasteiger partial charge in [0.05, 0.1) is 17.6 Å². The largest absolute Gasteiger partial charge is 0.444 e. The molecule has 0 bridgehead atoms. The van der Waals surface area contributed by atoms with Crippen LogP contribution in [0.3, 0.4) is 0 Å². The van der Waals surface area contributed by atoms with Gasteiger partial charge in [0, 0.05) is 25.6 Å². The fraction of sp³-hybridized carbons (Fsp3) is 0.591. The maximum Gasteiger partial charge on any atom is 0.411 e. The average Bonchev–Trinajstić information content (AvgIpc) is 3.07. The molecule has 1 amide bonds. The number of benzene rings is 1. The van der Waals surface area contributed by atoms with E-state index in [-0.39, 0.29) is 30.7 Å². The molecule has 32 heavy (non-hydrogen) atoms. The molecule has 1 saturated heterocycles. The Morgan fingerprint density at radius 3 is 2.41 bits per heavy atom. The SMILES string of the molecule is CC(C)(C)OC(=O)N1CCC(C(=O)c2nc3ccccc3n2CCOCC(F)(F)F)CC1. The normalized spacial score (nSPS) is 15.9. The Morgan fingerprint density at radius 2 is 1.78 bits per heavy atom. The minimum Gasteiger partial charge on any atom is -0.444 e. The quantitative estimate of drug-likeness (QED) is 0.476. The van der Waals surface area contributed by atoms with Gasteiger partial charge in [0.1, 0.15) is 12.2 Å². The van der Waals surface area contributed by atoms with Crippen molar-refractivity contribution in [3.63, 3.8) is 0 Å². The van der Waals surface area contributed by atoms with Crippen molar-refractivity contribution in [1.29, 1.82) is 0 Å². The molecule has 1 aliphatic heterocycles. The average molecular weight is 455 g/mol. The van der Waals surface area contributed by atoms with Gasteiger partial charge >= 0.3 is 12.3 Å². The monoisotopic (exact) mass is 455 g/mol. The lowest BCUT2D eigenvalue weighted by Gasteiger charge is -2.32. The van der Waals surface area contributed by atoms with Crippen LogP contribution < -0.4 is 0 Å². The van der Waals surface area contributed by atoms with Gasteiger partial charge in [-0.15, -0.1) is 0 Å². The number of fused-ring (bicyclic) bond motifs is 1. The Labute approximate surface area is 184 Å². The summed E-state index contributed by atoms with van der Waals surface area (Å²) in [6.07, 6.45) is -3.88. The molecule has 1 aromatic heterocycles. The third-order valence-corrected chi connectivity index (χ3v) is 5.12. The first-order chi connectivity index (χ1) is 14.9. The van der Waals surface area contributed by atoms with Crippen molar-refractivity contribution in [2.75, 3.05) is 26.3 Å². The number of nitrogens with zero attached hydrogens (tertiary/aromatic N) is 3. The fourth-order valence-corrected chi connectivity index (χ4v) is 3.67. The number of ether oxygens (including phenoxy) is 2. The highest BCUT2D eigenvalue weighted by atomic mass is 19.4. The van der Waals surface area contributed by atoms with E-state index in [0.29, 0.717) is 37.0 Å². The minimum atomic E-state index is -4.40. The number of carbonyl (C=O) groups excluding carboxylic acids is 2. The van der Waals surface area contributed by atoms with Crippen molar-refractivity contribution in [1.82, 2.24) is 14.5 Å². The molecule has 3 rings (SSSR count). The van der Waals surface area contributed by atoms with Gasteiger partial charge in [-0.25, -0.2) is 9.78 Å². The molecular formula is C22H28F3N3O4. The van der Waals surface area contributed by atoms with Gasteiger partial charge in [-0.05, 0) is 45.7 Å². The van der Waals surface area contributed by atoms with Crippen LogP contribution in [0.1, 0.15) is 44.2 Å². The number of Topliss-reactive ketones (excluding diaryl/α,β-unsaturated/α-hetero) is 1. The maximum absolute atomic E-state index is 13.2. The number of halogens is 3. The summed E-state index contributed by atoms with van der Waals surface area (Å²) in [5.74, 6) is -0.307. The third kappa shape index (κ3) is 6.21. The molecule has 0 unspecified atom stereocenters. The van der Waals surface area contributed by atoms with E-state index in [9.17, 15) is 22.8 Å². The molecule has 0 N–H and O–H groups in total. The second kappa shape index (κ2) is 9.48. The number of piperidine rings is 1. The highest BCUT2D eigenvalue weighted by Gasteiger charge is 2.33. The number of aromatic nitrogens is 2. The Kier molecular flexibility index (Phi) is 7.12. The van der Waals surface area contributed by atoms with Crippen LogP contribution >= 0.6 is 0 Å². The molecule has 1 aliphatic rings. The summed E-state index contributed by atoms with van der Waals surface area (Å²) in [4.78, 5) is 31.5. The standard InChI is InChI=1S/C22H28F3N3O4/c1-21(2,3)32-20(30)27-10-8-15(9-11-27)18(29)19-26-16-6-4-5-7-17(16)28(19)12-13-31-14-22(23,24)25/h4-7,15H,8-14H2,1-3H3. The highest BCUT2D eigenvalue weighted by Crippen LogP contribution is 2.25. The number of amides is 1. The number of imidazole rings is 1. The predicted octanol–water partition coefficient (Wildman–Crippen LogP) is 4.45. The van der Waals surface area contributed by atoms with Crippen LogP contribution in [-0.2, 0) is 16.0 Å². The molecule has 1 aromatic carbocycles. The molecule has 2 aromatic rings. The van der Waals surface area contributed by atoms with E-state index in [2.05, 4.69) is 4.98 Å². The van der Waals surface area contributed by atoms with Crippen molar-refractivity contribution in [3.8, 4) is 0 Å². The number of hydrogen-bond acceptors (Lipinski definition) is 5. The summed E-state index contributed by atoms with van der Waals surface area (Å²) in [7, 11) is 0. The van der Waals surface area contributed by atoms with Crippen LogP contribution in [0.2, 0.25) is 0 Å². The summed E-state index contributed by atoms with van der Waals surface area (Å²) in [5, 5.41) is 0. The number of para-hydroxylation sites is 2. The van der Waals surface area contributed by atoms with Crippen molar-refractivity contribution in [2.24, 2.45) is 5.92 Å². The van der Waals surface area contributed by atoms with Crippen LogP contribution in [0.4, 0.5) is 18.0 Å². The van der Waals surface area contributed by atoms with Gasteiger partial charge in [0.25, 0.3) is 0 Å². The van der Waals surface area contributed by atoms with Gasteiger partial charge < -0.3 is 18.9 Å². The number of rotatable bonds is 6. The zero-order chi connectivity index (χ0) is 23.5. The Balaban J connectivity index is 1.69. The number of alkyl halides is 3. The second-order valence-corrected chi connectivity index (χ2v) is 8.85. The zero-order valence-corrected chi connectivity index (χ0v) is 18.4. The third-order valence-electron chi connectivity index (χ3n) is 5.12. The first-order valence-corrected chi connectivity index (χ1v) is 10.6. The molecule has 7 nitrogen and oxygen atoms in total. The lowest BCUT2D eigenvalue weighted by Crippen LogP contribution is -2.43. The van der Waals surface area contributed by atoms with E-state index in [0.717, 1.165) is 0 Å². The molecule has 176 valence electrons. The van der Waals surface area contributed by atoms with Gasteiger partial charge in [0.15, 0.2) is 5.82 Å². The van der Waals surface area contributed by atoms with Crippen molar-refractivity contribution in [2.45, 2.75) is 51.9 Å². The molecule has 0 atom stereocenters. The number of likely N-dealkylation sites (tertiary alicyclic amines) is 1. The van der Waals surface area contributed by atoms with Crippen molar-refractivity contribution < 1.29 is 32.2 Å². The van der Waals surface area contributed by atoms with Crippen LogP contribution in [0.25, 0.3) is 11.0 Å². The van der Waals surface area contributed by atoms with E-state index < -0.39 is 24.5 Å². The zero-order valence-electron chi connectivity index (χ0n) is 18.4. The van der Waals surface area contributed by atoms with E-state index in [1.807, 2.05) is 0 Å². The van der Waals surface area contributed by atoms with Crippen LogP contribution in [0.5, 0.6) is 0 Å². The molecule has 0 aliphatic carbocycles. The molecule has 2 heterocycles. The molecule has 0 spiro atoms. The number of hydrogen-bond donors (Lipinski definition) is 0. The van der Waals surface area contributed by atoms with Crippen LogP contribution in [0.15, 0.2) is 24.3 Å². The lowest BCUT2D eigenvalue weighted by molar-refractivity contribution is -0.174. The van der Waals surface area contributed by atoms with Gasteiger partial charge in [-0.3, -0.25) is 4.79 Å². The van der Waals surface area contributed by atoms with Crippen molar-refractivity contribution in [3.05, 3.63) is 30.1 Å². The Bertz CT molecular complexity index is 957. The molecule has 1 fully saturated rings. The summed E-state index contributed by atoms with van der Waals surface area (Å²) >= 11 is 0.